The van der Waals surface area contributed by atoms with Gasteiger partial charge in [-0.15, -0.1) is 5.10 Å². The van der Waals surface area contributed by atoms with Crippen LogP contribution >= 0.6 is 0 Å². The SMILES string of the molecule is C[C@@H](NC(=O)N1C(=O)[C@@]2(c3cc(C#CCn4nnc5ccccc54)ccc31)[C@H](C(=O)N1CCN(c3ncccn3)CC1)[C@H]1C(=O)O[C@H](c3ccccc3)[C@H](c3ccccc3)N1[C@@H]2c1ccc(OCCO)cc1)c1ccccc1. The van der Waals surface area contributed by atoms with Gasteiger partial charge in [0.25, 0.3) is 0 Å². The Hall–Kier alpha value is -9.24. The maximum atomic E-state index is 17.0. The molecule has 8 aromatic rings. The number of aromatic nitrogens is 5. The molecule has 6 aromatic carbocycles. The summed E-state index contributed by atoms with van der Waals surface area (Å²) in [7, 11) is 0. The summed E-state index contributed by atoms with van der Waals surface area (Å²) in [5.74, 6) is 4.22. The van der Waals surface area contributed by atoms with E-state index in [4.69, 9.17) is 9.47 Å². The minimum atomic E-state index is -2.02. The van der Waals surface area contributed by atoms with Crippen molar-refractivity contribution in [2.45, 2.75) is 49.2 Å². The van der Waals surface area contributed by atoms with Crippen molar-refractivity contribution < 1.29 is 33.8 Å². The molecule has 2 N–H and O–H groups in total. The number of benzene rings is 6. The summed E-state index contributed by atoms with van der Waals surface area (Å²) in [6.07, 6.45) is 2.42. The van der Waals surface area contributed by atoms with Gasteiger partial charge >= 0.3 is 12.0 Å². The molecule has 0 radical (unpaired) electrons. The monoisotopic (exact) mass is 1040 g/mol. The lowest BCUT2D eigenvalue weighted by molar-refractivity contribution is -0.179. The topological polar surface area (TPSA) is 188 Å². The minimum absolute atomic E-state index is 0.0378. The Kier molecular flexibility index (Phi) is 13.4. The molecular weight excluding hydrogens is 985 g/mol. The van der Waals surface area contributed by atoms with Crippen LogP contribution in [0.1, 0.15) is 64.5 Å². The molecule has 3 fully saturated rings. The van der Waals surface area contributed by atoms with Crippen molar-refractivity contribution in [3.63, 3.8) is 0 Å². The smallest absolute Gasteiger partial charge is 0.329 e. The fraction of sp³-hybridized carbons (Fsp3) is 0.246. The summed E-state index contributed by atoms with van der Waals surface area (Å²) in [6.45, 7) is 3.01. The van der Waals surface area contributed by atoms with E-state index in [9.17, 15) is 5.11 Å². The number of carbonyl (C=O) groups excluding carboxylic acids is 4. The van der Waals surface area contributed by atoms with Gasteiger partial charge in [-0.2, -0.15) is 0 Å². The van der Waals surface area contributed by atoms with E-state index in [1.54, 1.807) is 58.4 Å². The Morgan fingerprint density at radius 2 is 1.46 bits per heavy atom. The first kappa shape index (κ1) is 49.6. The number of nitrogens with one attached hydrogen (secondary N) is 1. The number of ether oxygens (including phenoxy) is 2. The number of hydrogen-bond donors (Lipinski definition) is 2. The molecule has 17 nitrogen and oxygen atoms in total. The van der Waals surface area contributed by atoms with Crippen molar-refractivity contribution in [1.29, 1.82) is 0 Å². The third kappa shape index (κ3) is 8.74. The number of urea groups is 1. The molecule has 2 aromatic heterocycles. The lowest BCUT2D eigenvalue weighted by Crippen LogP contribution is -2.59. The first-order valence-electron chi connectivity index (χ1n) is 26.1. The highest BCUT2D eigenvalue weighted by atomic mass is 16.6. The molecule has 0 unspecified atom stereocenters. The summed E-state index contributed by atoms with van der Waals surface area (Å²) in [5.41, 5.74) is 3.45. The number of nitrogens with zero attached hydrogens (tertiary/aromatic N) is 9. The van der Waals surface area contributed by atoms with Crippen LogP contribution in [0.3, 0.4) is 0 Å². The number of esters is 1. The third-order valence-corrected chi connectivity index (χ3v) is 15.4. The fourth-order valence-electron chi connectivity index (χ4n) is 12.0. The van der Waals surface area contributed by atoms with Crippen LogP contribution < -0.4 is 19.9 Å². The number of rotatable bonds is 11. The zero-order chi connectivity index (χ0) is 53.3. The van der Waals surface area contributed by atoms with E-state index in [1.165, 1.54) is 0 Å². The zero-order valence-corrected chi connectivity index (χ0v) is 42.6. The molecule has 0 bridgehead atoms. The van der Waals surface area contributed by atoms with Crippen LogP contribution in [0.2, 0.25) is 0 Å². The van der Waals surface area contributed by atoms with Crippen LogP contribution in [0, 0.1) is 17.8 Å². The van der Waals surface area contributed by atoms with E-state index in [2.05, 4.69) is 37.4 Å². The molecule has 4 aliphatic heterocycles. The highest BCUT2D eigenvalue weighted by Crippen LogP contribution is 2.66. The molecule has 78 heavy (non-hydrogen) atoms. The maximum Gasteiger partial charge on any atom is 0.329 e. The third-order valence-electron chi connectivity index (χ3n) is 15.4. The average Bonchev–Trinajstić information content (AvgIpc) is 3.26. The van der Waals surface area contributed by atoms with Gasteiger partial charge in [-0.3, -0.25) is 19.3 Å². The second kappa shape index (κ2) is 21.1. The lowest BCUT2D eigenvalue weighted by Gasteiger charge is -2.46. The number of carbonyl (C=O) groups is 4. The van der Waals surface area contributed by atoms with Gasteiger partial charge in [0.15, 0.2) is 0 Å². The maximum absolute atomic E-state index is 17.0. The van der Waals surface area contributed by atoms with Crippen LogP contribution in [0.25, 0.3) is 11.0 Å². The molecule has 0 saturated carbocycles. The molecule has 17 heteroatoms. The van der Waals surface area contributed by atoms with Gasteiger partial charge < -0.3 is 29.7 Å². The number of morpholine rings is 1. The van der Waals surface area contributed by atoms with E-state index in [1.807, 2.05) is 144 Å². The predicted octanol–water partition coefficient (Wildman–Crippen LogP) is 7.13. The van der Waals surface area contributed by atoms with Crippen molar-refractivity contribution in [3.05, 3.63) is 210 Å². The Balaban J connectivity index is 1.09. The lowest BCUT2D eigenvalue weighted by atomic mass is 9.64. The van der Waals surface area contributed by atoms with Gasteiger partial charge in [0.05, 0.1) is 41.9 Å². The summed E-state index contributed by atoms with van der Waals surface area (Å²) in [6, 6.07) is 45.8. The van der Waals surface area contributed by atoms with Crippen LogP contribution in [-0.2, 0) is 31.1 Å². The van der Waals surface area contributed by atoms with E-state index >= 15 is 19.2 Å². The average molecular weight is 1040 g/mol. The fourth-order valence-corrected chi connectivity index (χ4v) is 12.0. The number of cyclic esters (lactones) is 1. The molecule has 390 valence electrons. The molecule has 1 spiro atoms. The Morgan fingerprint density at radius 1 is 0.782 bits per heavy atom. The van der Waals surface area contributed by atoms with Crippen molar-refractivity contribution in [2.75, 3.05) is 49.2 Å². The van der Waals surface area contributed by atoms with Crippen LogP contribution in [0.4, 0.5) is 16.4 Å². The van der Waals surface area contributed by atoms with Gasteiger partial charge in [0, 0.05) is 44.1 Å². The number of piperazine rings is 1. The number of hydrogen-bond acceptors (Lipinski definition) is 13. The van der Waals surface area contributed by atoms with Crippen LogP contribution in [0.5, 0.6) is 5.75 Å². The predicted molar refractivity (Wildman–Crippen MR) is 290 cm³/mol. The molecule has 4 amide bonds. The van der Waals surface area contributed by atoms with Crippen molar-refractivity contribution >= 4 is 46.5 Å². The number of amides is 4. The van der Waals surface area contributed by atoms with Crippen molar-refractivity contribution in [3.8, 4) is 17.6 Å². The number of para-hydroxylation sites is 1. The van der Waals surface area contributed by atoms with Gasteiger partial charge in [-0.25, -0.2) is 24.3 Å². The summed E-state index contributed by atoms with van der Waals surface area (Å²) in [4.78, 5) is 80.5. The van der Waals surface area contributed by atoms with Crippen LogP contribution in [0.15, 0.2) is 176 Å². The zero-order valence-electron chi connectivity index (χ0n) is 42.6. The number of aliphatic hydroxyl groups is 1. The summed E-state index contributed by atoms with van der Waals surface area (Å²) >= 11 is 0. The standard InChI is InChI=1S/C61H54N10O7/c1-40(42-16-5-2-6-17-42)64-60(76)70-49-29-24-41(15-13-32-69-50-23-12-11-22-48(50)65-66-69)39-47(49)61(58(70)75)51(56(73)67-33-35-68(36-34-67)59-62-30-14-31-63-59)53-57(74)78-54(44-20-9-4-10-21-44)52(43-18-7-3-8-19-43)71(53)55(61)45-25-27-46(28-26-45)77-38-37-72/h2-12,14,16-31,39-40,51-55,72H,32-38H2,1H3,(H,64,76)/t40-,51+,52+,53+,54-,55-,61+/m1/s1. The number of aliphatic hydroxyl groups excluding tert-OH is 1. The normalized spacial score (nSPS) is 22.1. The van der Waals surface area contributed by atoms with Gasteiger partial charge in [0.1, 0.15) is 42.0 Å². The Morgan fingerprint density at radius 3 is 2.18 bits per heavy atom. The quantitative estimate of drug-likeness (QED) is 0.0985. The summed E-state index contributed by atoms with van der Waals surface area (Å²) < 4.78 is 14.3. The number of anilines is 2. The van der Waals surface area contributed by atoms with E-state index in [-0.39, 0.29) is 38.5 Å². The van der Waals surface area contributed by atoms with Gasteiger partial charge in [-0.1, -0.05) is 132 Å². The Labute approximate surface area is 450 Å². The first-order valence-corrected chi connectivity index (χ1v) is 26.1. The molecule has 3 saturated heterocycles. The Bertz CT molecular complexity index is 3570. The molecule has 0 aliphatic carbocycles. The summed E-state index contributed by atoms with van der Waals surface area (Å²) in [5, 5.41) is 21.5. The second-order valence-corrected chi connectivity index (χ2v) is 19.8. The van der Waals surface area contributed by atoms with Gasteiger partial charge in [-0.05, 0) is 83.3 Å². The molecule has 6 heterocycles. The second-order valence-electron chi connectivity index (χ2n) is 19.8. The van der Waals surface area contributed by atoms with E-state index in [0.717, 1.165) is 27.1 Å². The van der Waals surface area contributed by atoms with Gasteiger partial charge in [0.2, 0.25) is 17.8 Å². The molecule has 4 aliphatic rings. The highest BCUT2D eigenvalue weighted by molar-refractivity contribution is 6.24. The number of fused-ring (bicyclic) bond motifs is 4. The molecule has 12 rings (SSSR count). The van der Waals surface area contributed by atoms with E-state index < -0.39 is 65.4 Å². The minimum Gasteiger partial charge on any atom is -0.491 e. The van der Waals surface area contributed by atoms with Crippen molar-refractivity contribution in [1.82, 2.24) is 40.1 Å². The number of imide groups is 1. The first-order chi connectivity index (χ1) is 38.2. The largest absolute Gasteiger partial charge is 0.491 e. The van der Waals surface area contributed by atoms with Crippen molar-refractivity contribution in [2.24, 2.45) is 5.92 Å². The molecular formula is C61H54N10O7. The molecule has 7 atom stereocenters. The van der Waals surface area contributed by atoms with E-state index in [0.29, 0.717) is 47.0 Å². The van der Waals surface area contributed by atoms with Crippen LogP contribution in [-0.4, -0.2) is 109 Å². The highest BCUT2D eigenvalue weighted by Gasteiger charge is 2.76.